The Morgan fingerprint density at radius 2 is 1.89 bits per heavy atom. The lowest BCUT2D eigenvalue weighted by Crippen LogP contribution is -2.21. The van der Waals surface area contributed by atoms with Gasteiger partial charge in [-0.25, -0.2) is 4.79 Å². The second kappa shape index (κ2) is 10.3. The number of rotatable bonds is 8. The zero-order chi connectivity index (χ0) is 20.7. The third-order valence-corrected chi connectivity index (χ3v) is 5.77. The van der Waals surface area contributed by atoms with Crippen LogP contribution in [0.5, 0.6) is 11.5 Å². The number of ether oxygens (including phenoxy) is 2. The molecular formula is C20H19Br2NO5. The summed E-state index contributed by atoms with van der Waals surface area (Å²) < 4.78 is 12.4. The predicted molar refractivity (Wildman–Crippen MR) is 115 cm³/mol. The van der Waals surface area contributed by atoms with Gasteiger partial charge < -0.3 is 19.9 Å². The molecule has 0 radical (unpaired) electrons. The van der Waals surface area contributed by atoms with Gasteiger partial charge in [-0.3, -0.25) is 4.79 Å². The van der Waals surface area contributed by atoms with Crippen molar-refractivity contribution in [3.8, 4) is 11.5 Å². The van der Waals surface area contributed by atoms with Crippen molar-refractivity contribution in [1.82, 2.24) is 0 Å². The van der Waals surface area contributed by atoms with E-state index in [1.807, 2.05) is 38.1 Å². The maximum absolute atomic E-state index is 12.3. The molecule has 0 aliphatic rings. The number of aliphatic carboxylic acids is 1. The molecule has 0 fully saturated rings. The van der Waals surface area contributed by atoms with Gasteiger partial charge in [-0.2, -0.15) is 0 Å². The molecule has 0 spiro atoms. The van der Waals surface area contributed by atoms with Crippen LogP contribution in [0.15, 0.2) is 45.4 Å². The van der Waals surface area contributed by atoms with Gasteiger partial charge >= 0.3 is 5.97 Å². The molecule has 0 atom stereocenters. The van der Waals surface area contributed by atoms with Gasteiger partial charge in [0.05, 0.1) is 11.1 Å². The number of benzene rings is 2. The van der Waals surface area contributed by atoms with Gasteiger partial charge in [0.1, 0.15) is 0 Å². The maximum Gasteiger partial charge on any atom is 0.328 e. The van der Waals surface area contributed by atoms with Gasteiger partial charge in [0.25, 0.3) is 5.91 Å². The average Bonchev–Trinajstić information content (AvgIpc) is 2.65. The van der Waals surface area contributed by atoms with Gasteiger partial charge in [0.15, 0.2) is 18.1 Å². The molecule has 0 saturated carbocycles. The highest BCUT2D eigenvalue weighted by Crippen LogP contribution is 2.43. The first-order valence-electron chi connectivity index (χ1n) is 8.37. The summed E-state index contributed by atoms with van der Waals surface area (Å²) in [6.07, 6.45) is 2.47. The summed E-state index contributed by atoms with van der Waals surface area (Å²) in [5, 5.41) is 11.6. The molecule has 0 aliphatic heterocycles. The molecule has 2 rings (SSSR count). The first kappa shape index (κ1) is 22.0. The van der Waals surface area contributed by atoms with E-state index >= 15 is 0 Å². The Hall–Kier alpha value is -2.32. The van der Waals surface area contributed by atoms with Crippen LogP contribution >= 0.6 is 31.9 Å². The minimum absolute atomic E-state index is 0.218. The number of carbonyl (C=O) groups is 2. The van der Waals surface area contributed by atoms with Crippen LogP contribution in [0.25, 0.3) is 6.08 Å². The Kier molecular flexibility index (Phi) is 8.07. The van der Waals surface area contributed by atoms with E-state index in [-0.39, 0.29) is 12.5 Å². The van der Waals surface area contributed by atoms with Crippen LogP contribution in [0.4, 0.5) is 5.69 Å². The molecule has 2 N–H and O–H groups in total. The number of nitrogens with one attached hydrogen (secondary N) is 1. The summed E-state index contributed by atoms with van der Waals surface area (Å²) in [6.45, 7) is 3.88. The zero-order valence-electron chi connectivity index (χ0n) is 15.3. The van der Waals surface area contributed by atoms with Crippen molar-refractivity contribution in [2.24, 2.45) is 0 Å². The van der Waals surface area contributed by atoms with E-state index in [0.717, 1.165) is 17.3 Å². The number of hydrogen-bond acceptors (Lipinski definition) is 4. The van der Waals surface area contributed by atoms with E-state index in [2.05, 4.69) is 37.2 Å². The molecule has 0 heterocycles. The average molecular weight is 513 g/mol. The molecule has 0 unspecified atom stereocenters. The van der Waals surface area contributed by atoms with Crippen LogP contribution in [0, 0.1) is 6.92 Å². The summed E-state index contributed by atoms with van der Waals surface area (Å²) in [5.41, 5.74) is 2.26. The van der Waals surface area contributed by atoms with Crippen LogP contribution < -0.4 is 14.8 Å². The maximum atomic E-state index is 12.3. The fraction of sp³-hybridized carbons (Fsp3) is 0.200. The van der Waals surface area contributed by atoms with Crippen LogP contribution in [0.3, 0.4) is 0 Å². The summed E-state index contributed by atoms with van der Waals surface area (Å²) in [4.78, 5) is 23.1. The van der Waals surface area contributed by atoms with Gasteiger partial charge in [0.2, 0.25) is 0 Å². The standard InChI is InChI=1S/C20H19Br2NO5/c1-3-27-15-10-13(8-9-17(25)26)18(21)19(22)20(15)28-11-16(24)23-14-7-5-4-6-12(14)2/h4-10H,3,11H2,1-2H3,(H,23,24)(H,25,26)/b9-8+. The largest absolute Gasteiger partial charge is 0.490 e. The zero-order valence-corrected chi connectivity index (χ0v) is 18.5. The van der Waals surface area contributed by atoms with Crippen molar-refractivity contribution in [1.29, 1.82) is 0 Å². The number of aryl methyl sites for hydroxylation is 1. The van der Waals surface area contributed by atoms with Crippen molar-refractivity contribution < 1.29 is 24.2 Å². The third kappa shape index (κ3) is 5.84. The molecule has 148 valence electrons. The smallest absolute Gasteiger partial charge is 0.328 e. The number of carboxylic acids is 1. The number of halogens is 2. The highest BCUT2D eigenvalue weighted by molar-refractivity contribution is 9.13. The number of hydrogen-bond donors (Lipinski definition) is 2. The number of amides is 1. The first-order chi connectivity index (χ1) is 13.3. The van der Waals surface area contributed by atoms with Gasteiger partial charge in [-0.1, -0.05) is 18.2 Å². The fourth-order valence-corrected chi connectivity index (χ4v) is 3.29. The Balaban J connectivity index is 2.21. The third-order valence-electron chi connectivity index (χ3n) is 3.63. The van der Waals surface area contributed by atoms with Crippen molar-refractivity contribution >= 4 is 55.5 Å². The molecular weight excluding hydrogens is 494 g/mol. The fourth-order valence-electron chi connectivity index (χ4n) is 2.32. The lowest BCUT2D eigenvalue weighted by atomic mass is 10.2. The van der Waals surface area contributed by atoms with E-state index in [0.29, 0.717) is 32.6 Å². The number of para-hydroxylation sites is 1. The van der Waals surface area contributed by atoms with Gasteiger partial charge in [0, 0.05) is 16.2 Å². The van der Waals surface area contributed by atoms with Crippen molar-refractivity contribution in [2.45, 2.75) is 13.8 Å². The quantitative estimate of drug-likeness (QED) is 0.484. The van der Waals surface area contributed by atoms with E-state index < -0.39 is 5.97 Å². The van der Waals surface area contributed by atoms with Crippen molar-refractivity contribution in [3.05, 3.63) is 56.5 Å². The minimum Gasteiger partial charge on any atom is -0.490 e. The highest BCUT2D eigenvalue weighted by Gasteiger charge is 2.18. The normalized spacial score (nSPS) is 10.7. The summed E-state index contributed by atoms with van der Waals surface area (Å²) in [5.74, 6) is -0.628. The van der Waals surface area contributed by atoms with Crippen LogP contribution in [-0.4, -0.2) is 30.2 Å². The van der Waals surface area contributed by atoms with Crippen molar-refractivity contribution in [3.63, 3.8) is 0 Å². The van der Waals surface area contributed by atoms with Crippen molar-refractivity contribution in [2.75, 3.05) is 18.5 Å². The highest BCUT2D eigenvalue weighted by atomic mass is 79.9. The van der Waals surface area contributed by atoms with E-state index in [4.69, 9.17) is 14.6 Å². The Morgan fingerprint density at radius 1 is 1.18 bits per heavy atom. The first-order valence-corrected chi connectivity index (χ1v) is 9.96. The molecule has 8 heteroatoms. The monoisotopic (exact) mass is 511 g/mol. The number of anilines is 1. The lowest BCUT2D eigenvalue weighted by Gasteiger charge is -2.16. The van der Waals surface area contributed by atoms with E-state index in [1.165, 1.54) is 6.08 Å². The van der Waals surface area contributed by atoms with Crippen LogP contribution in [0.1, 0.15) is 18.1 Å². The summed E-state index contributed by atoms with van der Waals surface area (Å²) in [6, 6.07) is 9.10. The van der Waals surface area contributed by atoms with Crippen LogP contribution in [-0.2, 0) is 9.59 Å². The Morgan fingerprint density at radius 3 is 2.54 bits per heavy atom. The Bertz CT molecular complexity index is 912. The van der Waals surface area contributed by atoms with Gasteiger partial charge in [-0.15, -0.1) is 0 Å². The second-order valence-electron chi connectivity index (χ2n) is 5.68. The summed E-state index contributed by atoms with van der Waals surface area (Å²) in [7, 11) is 0. The molecule has 0 bridgehead atoms. The predicted octanol–water partition coefficient (Wildman–Crippen LogP) is 5.03. The molecule has 6 nitrogen and oxygen atoms in total. The number of carbonyl (C=O) groups excluding carboxylic acids is 1. The lowest BCUT2D eigenvalue weighted by molar-refractivity contribution is -0.131. The van der Waals surface area contributed by atoms with E-state index in [9.17, 15) is 9.59 Å². The van der Waals surface area contributed by atoms with Crippen LogP contribution in [0.2, 0.25) is 0 Å². The number of carboxylic acid groups (broad SMARTS) is 1. The topological polar surface area (TPSA) is 84.9 Å². The second-order valence-corrected chi connectivity index (χ2v) is 7.26. The molecule has 2 aromatic carbocycles. The Labute approximate surface area is 179 Å². The molecule has 1 amide bonds. The minimum atomic E-state index is -1.06. The molecule has 28 heavy (non-hydrogen) atoms. The molecule has 2 aromatic rings. The molecule has 0 aromatic heterocycles. The SMILES string of the molecule is CCOc1cc(/C=C/C(=O)O)c(Br)c(Br)c1OCC(=O)Nc1ccccc1C. The van der Waals surface area contributed by atoms with Gasteiger partial charge in [-0.05, 0) is 75.0 Å². The summed E-state index contributed by atoms with van der Waals surface area (Å²) >= 11 is 6.83. The van der Waals surface area contributed by atoms with E-state index in [1.54, 1.807) is 6.07 Å². The molecule has 0 aliphatic carbocycles. The molecule has 0 saturated heterocycles.